The van der Waals surface area contributed by atoms with E-state index in [1.165, 1.54) is 35.7 Å². The lowest BCUT2D eigenvalue weighted by atomic mass is 9.85. The molecular weight excluding hydrogens is 266 g/mol. The maximum atomic E-state index is 4.63. The van der Waals surface area contributed by atoms with Crippen LogP contribution in [0.25, 0.3) is 0 Å². The van der Waals surface area contributed by atoms with Crippen molar-refractivity contribution in [3.05, 3.63) is 11.1 Å². The molecule has 20 heavy (non-hydrogen) atoms. The molecule has 1 fully saturated rings. The first-order valence-corrected chi connectivity index (χ1v) is 8.78. The van der Waals surface area contributed by atoms with Crippen LogP contribution in [-0.4, -0.2) is 24.6 Å². The molecule has 0 radical (unpaired) electrons. The molecule has 0 saturated heterocycles. The van der Waals surface area contributed by atoms with Gasteiger partial charge in [-0.15, -0.1) is 11.3 Å². The molecule has 1 aromatic heterocycles. The summed E-state index contributed by atoms with van der Waals surface area (Å²) in [5, 5.41) is 4.68. The summed E-state index contributed by atoms with van der Waals surface area (Å²) in [7, 11) is 2.22. The number of hydrogen-bond acceptors (Lipinski definition) is 4. The van der Waals surface area contributed by atoms with Crippen LogP contribution in [0.1, 0.15) is 51.3 Å². The normalized spacial score (nSPS) is 23.2. The smallest absolute Gasteiger partial charge is 0.185 e. The highest BCUT2D eigenvalue weighted by molar-refractivity contribution is 7.15. The molecule has 0 spiro atoms. The van der Waals surface area contributed by atoms with E-state index in [-0.39, 0.29) is 0 Å². The van der Waals surface area contributed by atoms with E-state index in [0.29, 0.717) is 12.0 Å². The fourth-order valence-corrected chi connectivity index (χ4v) is 3.94. The third-order valence-corrected chi connectivity index (χ3v) is 5.35. The minimum Gasteiger partial charge on any atom is -0.348 e. The van der Waals surface area contributed by atoms with Gasteiger partial charge in [-0.1, -0.05) is 33.6 Å². The highest BCUT2D eigenvalue weighted by Gasteiger charge is 2.26. The Labute approximate surface area is 127 Å². The van der Waals surface area contributed by atoms with Crippen LogP contribution in [0.2, 0.25) is 0 Å². The summed E-state index contributed by atoms with van der Waals surface area (Å²) in [6.45, 7) is 8.89. The van der Waals surface area contributed by atoms with Crippen LogP contribution < -0.4 is 10.2 Å². The SMILES string of the molecule is CC(C)CNCc1cnc(N(C)C2CCCCC2C)s1. The van der Waals surface area contributed by atoms with Gasteiger partial charge in [-0.3, -0.25) is 0 Å². The molecule has 1 heterocycles. The molecule has 1 aromatic rings. The molecule has 0 amide bonds. The molecule has 1 saturated carbocycles. The van der Waals surface area contributed by atoms with Crippen molar-refractivity contribution in [3.63, 3.8) is 0 Å². The van der Waals surface area contributed by atoms with Gasteiger partial charge < -0.3 is 10.2 Å². The molecule has 114 valence electrons. The lowest BCUT2D eigenvalue weighted by molar-refractivity contribution is 0.321. The van der Waals surface area contributed by atoms with Crippen LogP contribution in [-0.2, 0) is 6.54 Å². The Hall–Kier alpha value is -0.610. The van der Waals surface area contributed by atoms with Crippen LogP contribution in [0.4, 0.5) is 5.13 Å². The van der Waals surface area contributed by atoms with Gasteiger partial charge in [0, 0.05) is 30.7 Å². The first-order chi connectivity index (χ1) is 9.58. The average molecular weight is 295 g/mol. The molecule has 2 rings (SSSR count). The van der Waals surface area contributed by atoms with Crippen LogP contribution in [0.15, 0.2) is 6.20 Å². The van der Waals surface area contributed by atoms with Gasteiger partial charge in [-0.05, 0) is 31.2 Å². The van der Waals surface area contributed by atoms with Gasteiger partial charge in [0.1, 0.15) is 0 Å². The van der Waals surface area contributed by atoms with Gasteiger partial charge in [0.05, 0.1) is 0 Å². The Morgan fingerprint density at radius 3 is 2.85 bits per heavy atom. The van der Waals surface area contributed by atoms with E-state index in [0.717, 1.165) is 19.0 Å². The molecule has 0 bridgehead atoms. The van der Waals surface area contributed by atoms with Crippen molar-refractivity contribution >= 4 is 16.5 Å². The quantitative estimate of drug-likeness (QED) is 0.862. The molecule has 2 atom stereocenters. The first-order valence-electron chi connectivity index (χ1n) is 7.96. The van der Waals surface area contributed by atoms with Crippen LogP contribution in [0.3, 0.4) is 0 Å². The zero-order valence-electron chi connectivity index (χ0n) is 13.4. The standard InChI is InChI=1S/C16H29N3S/c1-12(2)9-17-10-14-11-18-16(20-14)19(4)15-8-6-5-7-13(15)3/h11-13,15,17H,5-10H2,1-4H3. The molecule has 1 aliphatic carbocycles. The van der Waals surface area contributed by atoms with E-state index < -0.39 is 0 Å². The number of rotatable bonds is 6. The summed E-state index contributed by atoms with van der Waals surface area (Å²) in [4.78, 5) is 8.39. The van der Waals surface area contributed by atoms with Gasteiger partial charge in [0.25, 0.3) is 0 Å². The minimum atomic E-state index is 0.673. The highest BCUT2D eigenvalue weighted by atomic mass is 32.1. The van der Waals surface area contributed by atoms with Crippen molar-refractivity contribution in [1.29, 1.82) is 0 Å². The second-order valence-corrected chi connectivity index (χ2v) is 7.67. The van der Waals surface area contributed by atoms with E-state index in [9.17, 15) is 0 Å². The van der Waals surface area contributed by atoms with Gasteiger partial charge >= 0.3 is 0 Å². The number of hydrogen-bond donors (Lipinski definition) is 1. The fourth-order valence-electron chi connectivity index (χ4n) is 3.04. The Balaban J connectivity index is 1.90. The Morgan fingerprint density at radius 2 is 2.15 bits per heavy atom. The van der Waals surface area contributed by atoms with Crippen LogP contribution in [0.5, 0.6) is 0 Å². The number of nitrogens with zero attached hydrogens (tertiary/aromatic N) is 2. The summed E-state index contributed by atoms with van der Waals surface area (Å²) in [5.41, 5.74) is 0. The molecule has 4 heteroatoms. The second-order valence-electron chi connectivity index (χ2n) is 6.57. The first kappa shape index (κ1) is 15.8. The summed E-state index contributed by atoms with van der Waals surface area (Å²) >= 11 is 1.84. The number of anilines is 1. The van der Waals surface area contributed by atoms with Gasteiger partial charge in [0.2, 0.25) is 0 Å². The monoisotopic (exact) mass is 295 g/mol. The van der Waals surface area contributed by atoms with Crippen molar-refractivity contribution in [2.24, 2.45) is 11.8 Å². The summed E-state index contributed by atoms with van der Waals surface area (Å²) < 4.78 is 0. The van der Waals surface area contributed by atoms with Crippen molar-refractivity contribution < 1.29 is 0 Å². The zero-order valence-corrected chi connectivity index (χ0v) is 14.2. The number of aromatic nitrogens is 1. The average Bonchev–Trinajstić information content (AvgIpc) is 2.87. The fraction of sp³-hybridized carbons (Fsp3) is 0.812. The summed E-state index contributed by atoms with van der Waals surface area (Å²) in [6, 6.07) is 0.673. The predicted octanol–water partition coefficient (Wildman–Crippen LogP) is 3.90. The minimum absolute atomic E-state index is 0.673. The van der Waals surface area contributed by atoms with Crippen LogP contribution >= 0.6 is 11.3 Å². The van der Waals surface area contributed by atoms with Crippen molar-refractivity contribution in [1.82, 2.24) is 10.3 Å². The maximum Gasteiger partial charge on any atom is 0.185 e. The van der Waals surface area contributed by atoms with E-state index >= 15 is 0 Å². The van der Waals surface area contributed by atoms with E-state index in [1.807, 2.05) is 17.5 Å². The zero-order chi connectivity index (χ0) is 14.5. The number of thiazole rings is 1. The summed E-state index contributed by atoms with van der Waals surface area (Å²) in [5.74, 6) is 1.49. The molecule has 3 nitrogen and oxygen atoms in total. The third kappa shape index (κ3) is 4.19. The van der Waals surface area contributed by atoms with E-state index in [2.05, 4.69) is 43.0 Å². The molecule has 0 aromatic carbocycles. The van der Waals surface area contributed by atoms with Crippen molar-refractivity contribution in [3.8, 4) is 0 Å². The second kappa shape index (κ2) is 7.41. The Kier molecular flexibility index (Phi) is 5.85. The van der Waals surface area contributed by atoms with Crippen LogP contribution in [0, 0.1) is 11.8 Å². The number of nitrogens with one attached hydrogen (secondary N) is 1. The van der Waals surface area contributed by atoms with Crippen molar-refractivity contribution in [2.45, 2.75) is 59.0 Å². The molecular formula is C16H29N3S. The van der Waals surface area contributed by atoms with E-state index in [1.54, 1.807) is 0 Å². The van der Waals surface area contributed by atoms with Crippen molar-refractivity contribution in [2.75, 3.05) is 18.5 Å². The Morgan fingerprint density at radius 1 is 1.40 bits per heavy atom. The Bertz CT molecular complexity index is 402. The molecule has 0 aliphatic heterocycles. The van der Waals surface area contributed by atoms with Gasteiger partial charge in [0.15, 0.2) is 5.13 Å². The van der Waals surface area contributed by atoms with E-state index in [4.69, 9.17) is 0 Å². The largest absolute Gasteiger partial charge is 0.348 e. The lowest BCUT2D eigenvalue weighted by Gasteiger charge is -2.36. The maximum absolute atomic E-state index is 4.63. The summed E-state index contributed by atoms with van der Waals surface area (Å²) in [6.07, 6.45) is 7.49. The molecule has 2 unspecified atom stereocenters. The lowest BCUT2D eigenvalue weighted by Crippen LogP contribution is -2.38. The molecule has 1 N–H and O–H groups in total. The molecule has 1 aliphatic rings. The van der Waals surface area contributed by atoms with Gasteiger partial charge in [-0.2, -0.15) is 0 Å². The predicted molar refractivity (Wildman–Crippen MR) is 88.5 cm³/mol. The highest BCUT2D eigenvalue weighted by Crippen LogP contribution is 2.32. The third-order valence-electron chi connectivity index (χ3n) is 4.26. The van der Waals surface area contributed by atoms with Gasteiger partial charge in [-0.25, -0.2) is 4.98 Å². The topological polar surface area (TPSA) is 28.2 Å².